The van der Waals surface area contributed by atoms with E-state index in [2.05, 4.69) is 5.32 Å². The van der Waals surface area contributed by atoms with Gasteiger partial charge in [-0.15, -0.1) is 0 Å². The number of carboxylic acid groups (broad SMARTS) is 1. The standard InChI is InChI=1S/C23H16F3NO4/c24-23(25,26)20-11-13(9-10-18(20)21(28)29)27-22(30)31-12-19-16-7-3-1-5-14(16)15-6-2-4-8-17(15)19/h1-11,19H,12H2,(H,27,30)(H,28,29). The third kappa shape index (κ3) is 3.96. The molecule has 31 heavy (non-hydrogen) atoms. The number of fused-ring (bicyclic) bond motifs is 3. The Morgan fingerprint density at radius 2 is 1.52 bits per heavy atom. The van der Waals surface area contributed by atoms with E-state index in [0.717, 1.165) is 34.4 Å². The molecule has 158 valence electrons. The summed E-state index contributed by atoms with van der Waals surface area (Å²) in [7, 11) is 0. The van der Waals surface area contributed by atoms with Gasteiger partial charge in [0.25, 0.3) is 0 Å². The lowest BCUT2D eigenvalue weighted by molar-refractivity contribution is -0.138. The number of ether oxygens (including phenoxy) is 1. The molecule has 0 spiro atoms. The first-order valence-corrected chi connectivity index (χ1v) is 9.32. The molecular formula is C23H16F3NO4. The maximum absolute atomic E-state index is 13.2. The summed E-state index contributed by atoms with van der Waals surface area (Å²) < 4.78 is 44.8. The molecule has 8 heteroatoms. The zero-order valence-electron chi connectivity index (χ0n) is 15.9. The van der Waals surface area contributed by atoms with Gasteiger partial charge in [-0.05, 0) is 40.5 Å². The smallest absolute Gasteiger partial charge is 0.417 e. The maximum atomic E-state index is 13.2. The number of alkyl halides is 3. The average molecular weight is 427 g/mol. The number of aromatic carboxylic acids is 1. The zero-order valence-corrected chi connectivity index (χ0v) is 15.9. The molecule has 0 bridgehead atoms. The third-order valence-corrected chi connectivity index (χ3v) is 5.15. The Bertz CT molecular complexity index is 1130. The van der Waals surface area contributed by atoms with Gasteiger partial charge in [0.05, 0.1) is 11.1 Å². The molecule has 1 amide bonds. The first-order chi connectivity index (χ1) is 14.8. The Morgan fingerprint density at radius 3 is 2.06 bits per heavy atom. The average Bonchev–Trinajstić information content (AvgIpc) is 3.05. The quantitative estimate of drug-likeness (QED) is 0.555. The van der Waals surface area contributed by atoms with Crippen molar-refractivity contribution in [3.05, 3.63) is 89.0 Å². The molecule has 0 fully saturated rings. The lowest BCUT2D eigenvalue weighted by Crippen LogP contribution is -2.19. The lowest BCUT2D eigenvalue weighted by atomic mass is 9.98. The van der Waals surface area contributed by atoms with Gasteiger partial charge in [-0.1, -0.05) is 48.5 Å². The van der Waals surface area contributed by atoms with Crippen molar-refractivity contribution in [1.82, 2.24) is 0 Å². The van der Waals surface area contributed by atoms with Crippen LogP contribution in [0.1, 0.15) is 33.0 Å². The fourth-order valence-electron chi connectivity index (χ4n) is 3.80. The van der Waals surface area contributed by atoms with Crippen molar-refractivity contribution < 1.29 is 32.6 Å². The predicted octanol–water partition coefficient (Wildman–Crippen LogP) is 5.76. The number of carbonyl (C=O) groups excluding carboxylic acids is 1. The molecule has 1 aliphatic carbocycles. The number of carboxylic acids is 1. The van der Waals surface area contributed by atoms with Gasteiger partial charge in [0.1, 0.15) is 6.61 Å². The van der Waals surface area contributed by atoms with E-state index in [-0.39, 0.29) is 18.2 Å². The van der Waals surface area contributed by atoms with E-state index in [1.807, 2.05) is 48.5 Å². The van der Waals surface area contributed by atoms with E-state index in [1.165, 1.54) is 0 Å². The molecular weight excluding hydrogens is 411 g/mol. The van der Waals surface area contributed by atoms with Crippen LogP contribution in [0, 0.1) is 0 Å². The second kappa shape index (κ2) is 7.79. The lowest BCUT2D eigenvalue weighted by Gasteiger charge is -2.15. The third-order valence-electron chi connectivity index (χ3n) is 5.15. The van der Waals surface area contributed by atoms with Crippen molar-refractivity contribution in [3.63, 3.8) is 0 Å². The Morgan fingerprint density at radius 1 is 0.935 bits per heavy atom. The molecule has 0 atom stereocenters. The SMILES string of the molecule is O=C(Nc1ccc(C(=O)O)c(C(F)(F)F)c1)OCC1c2ccccc2-c2ccccc21. The number of nitrogens with one attached hydrogen (secondary N) is 1. The fraction of sp³-hybridized carbons (Fsp3) is 0.130. The normalized spacial score (nSPS) is 12.7. The van der Waals surface area contributed by atoms with Crippen LogP contribution in [0.4, 0.5) is 23.7 Å². The van der Waals surface area contributed by atoms with Gasteiger partial charge in [-0.3, -0.25) is 5.32 Å². The largest absolute Gasteiger partial charge is 0.478 e. The summed E-state index contributed by atoms with van der Waals surface area (Å²) in [5.41, 5.74) is 1.64. The first kappa shape index (κ1) is 20.5. The van der Waals surface area contributed by atoms with Crippen molar-refractivity contribution in [1.29, 1.82) is 0 Å². The minimum absolute atomic E-state index is 0.000796. The van der Waals surface area contributed by atoms with Crippen molar-refractivity contribution in [2.24, 2.45) is 0 Å². The zero-order chi connectivity index (χ0) is 22.2. The van der Waals surface area contributed by atoms with Gasteiger partial charge in [-0.2, -0.15) is 13.2 Å². The molecule has 5 nitrogen and oxygen atoms in total. The summed E-state index contributed by atoms with van der Waals surface area (Å²) in [6.45, 7) is -0.000796. The monoisotopic (exact) mass is 427 g/mol. The van der Waals surface area contributed by atoms with Crippen molar-refractivity contribution in [3.8, 4) is 11.1 Å². The highest BCUT2D eigenvalue weighted by atomic mass is 19.4. The highest BCUT2D eigenvalue weighted by Gasteiger charge is 2.36. The van der Waals surface area contributed by atoms with Gasteiger partial charge in [0, 0.05) is 11.6 Å². The Kier molecular flexibility index (Phi) is 5.14. The molecule has 1 aliphatic rings. The summed E-state index contributed by atoms with van der Waals surface area (Å²) in [6.07, 6.45) is -5.81. The van der Waals surface area contributed by atoms with Crippen LogP contribution in [0.25, 0.3) is 11.1 Å². The van der Waals surface area contributed by atoms with Crippen LogP contribution in [0.5, 0.6) is 0 Å². The molecule has 0 radical (unpaired) electrons. The molecule has 0 saturated carbocycles. The summed E-state index contributed by atoms with van der Waals surface area (Å²) in [4.78, 5) is 23.3. The maximum Gasteiger partial charge on any atom is 0.417 e. The number of carbonyl (C=O) groups is 2. The second-order valence-corrected chi connectivity index (χ2v) is 7.01. The minimum Gasteiger partial charge on any atom is -0.478 e. The van der Waals surface area contributed by atoms with Crippen LogP contribution in [-0.4, -0.2) is 23.8 Å². The Balaban J connectivity index is 1.50. The van der Waals surface area contributed by atoms with Crippen molar-refractivity contribution >= 4 is 17.7 Å². The molecule has 0 saturated heterocycles. The minimum atomic E-state index is -4.88. The van der Waals surface area contributed by atoms with Gasteiger partial charge in [-0.25, -0.2) is 9.59 Å². The summed E-state index contributed by atoms with van der Waals surface area (Å²) >= 11 is 0. The number of hydrogen-bond donors (Lipinski definition) is 2. The number of benzene rings is 3. The van der Waals surface area contributed by atoms with Crippen LogP contribution < -0.4 is 5.32 Å². The Labute approximate surface area is 175 Å². The summed E-state index contributed by atoms with van der Waals surface area (Å²) in [5, 5.41) is 11.2. The van der Waals surface area contributed by atoms with E-state index in [1.54, 1.807) is 0 Å². The molecule has 3 aromatic rings. The first-order valence-electron chi connectivity index (χ1n) is 9.32. The summed E-state index contributed by atoms with van der Waals surface area (Å²) in [5.74, 6) is -1.90. The van der Waals surface area contributed by atoms with E-state index in [9.17, 15) is 22.8 Å². The second-order valence-electron chi connectivity index (χ2n) is 7.01. The number of halogens is 3. The highest BCUT2D eigenvalue weighted by molar-refractivity contribution is 5.92. The number of anilines is 1. The fourth-order valence-corrected chi connectivity index (χ4v) is 3.80. The van der Waals surface area contributed by atoms with Crippen LogP contribution in [-0.2, 0) is 10.9 Å². The van der Waals surface area contributed by atoms with E-state index >= 15 is 0 Å². The number of hydrogen-bond acceptors (Lipinski definition) is 3. The molecule has 0 unspecified atom stereocenters. The van der Waals surface area contributed by atoms with Crippen LogP contribution in [0.2, 0.25) is 0 Å². The molecule has 3 aromatic carbocycles. The van der Waals surface area contributed by atoms with Gasteiger partial charge in [0.15, 0.2) is 0 Å². The van der Waals surface area contributed by atoms with Crippen LogP contribution in [0.3, 0.4) is 0 Å². The summed E-state index contributed by atoms with van der Waals surface area (Å²) in [6, 6.07) is 17.9. The van der Waals surface area contributed by atoms with E-state index in [4.69, 9.17) is 9.84 Å². The van der Waals surface area contributed by atoms with E-state index < -0.39 is 29.4 Å². The molecule has 4 rings (SSSR count). The van der Waals surface area contributed by atoms with E-state index in [0.29, 0.717) is 6.07 Å². The number of rotatable bonds is 4. The van der Waals surface area contributed by atoms with Gasteiger partial charge >= 0.3 is 18.2 Å². The number of amides is 1. The van der Waals surface area contributed by atoms with Crippen LogP contribution in [0.15, 0.2) is 66.7 Å². The molecule has 0 aromatic heterocycles. The molecule has 2 N–H and O–H groups in total. The topological polar surface area (TPSA) is 75.6 Å². The van der Waals surface area contributed by atoms with Crippen LogP contribution >= 0.6 is 0 Å². The van der Waals surface area contributed by atoms with Gasteiger partial charge < -0.3 is 9.84 Å². The molecule has 0 heterocycles. The van der Waals surface area contributed by atoms with Gasteiger partial charge in [0.2, 0.25) is 0 Å². The highest BCUT2D eigenvalue weighted by Crippen LogP contribution is 2.44. The Hall–Kier alpha value is -3.81. The van der Waals surface area contributed by atoms with Crippen molar-refractivity contribution in [2.75, 3.05) is 11.9 Å². The predicted molar refractivity (Wildman–Crippen MR) is 107 cm³/mol. The van der Waals surface area contributed by atoms with Crippen molar-refractivity contribution in [2.45, 2.75) is 12.1 Å². The molecule has 0 aliphatic heterocycles.